The topological polar surface area (TPSA) is 65.1 Å². The zero-order chi connectivity index (χ0) is 20.2. The van der Waals surface area contributed by atoms with Crippen LogP contribution in [0.3, 0.4) is 0 Å². The van der Waals surface area contributed by atoms with Crippen LogP contribution in [0.15, 0.2) is 18.2 Å². The first-order valence-corrected chi connectivity index (χ1v) is 11.0. The van der Waals surface area contributed by atoms with Crippen molar-refractivity contribution in [2.75, 3.05) is 56.1 Å². The number of ether oxygens (including phenoxy) is 1. The molecule has 1 aromatic carbocycles. The highest BCUT2D eigenvalue weighted by molar-refractivity contribution is 6.33. The molecule has 1 unspecified atom stereocenters. The molecule has 0 aromatic heterocycles. The highest BCUT2D eigenvalue weighted by Gasteiger charge is 2.31. The fourth-order valence-corrected chi connectivity index (χ4v) is 4.58. The van der Waals surface area contributed by atoms with E-state index in [-0.39, 0.29) is 18.0 Å². The maximum Gasteiger partial charge on any atom is 0.321 e. The van der Waals surface area contributed by atoms with E-state index in [9.17, 15) is 9.59 Å². The van der Waals surface area contributed by atoms with Crippen molar-refractivity contribution in [1.82, 2.24) is 9.80 Å². The minimum absolute atomic E-state index is 0.0580. The average molecular weight is 421 g/mol. The molecule has 0 saturated carbocycles. The van der Waals surface area contributed by atoms with E-state index in [1.54, 1.807) is 4.90 Å². The molecule has 0 spiro atoms. The summed E-state index contributed by atoms with van der Waals surface area (Å²) in [6.45, 7) is 4.84. The van der Waals surface area contributed by atoms with Crippen molar-refractivity contribution in [3.63, 3.8) is 0 Å². The zero-order valence-electron chi connectivity index (χ0n) is 16.7. The number of carbonyl (C=O) groups is 2. The van der Waals surface area contributed by atoms with Gasteiger partial charge in [0.2, 0.25) is 0 Å². The van der Waals surface area contributed by atoms with Crippen molar-refractivity contribution in [2.45, 2.75) is 38.2 Å². The van der Waals surface area contributed by atoms with Gasteiger partial charge in [-0.3, -0.25) is 4.79 Å². The summed E-state index contributed by atoms with van der Waals surface area (Å²) >= 11 is 6.49. The molecule has 3 aliphatic heterocycles. The Bertz CT molecular complexity index is 739. The summed E-state index contributed by atoms with van der Waals surface area (Å²) in [5.41, 5.74) is 1.73. The van der Waals surface area contributed by atoms with E-state index < -0.39 is 0 Å². The van der Waals surface area contributed by atoms with E-state index in [0.29, 0.717) is 43.5 Å². The molecule has 3 amide bonds. The predicted molar refractivity (Wildman–Crippen MR) is 114 cm³/mol. The van der Waals surface area contributed by atoms with Gasteiger partial charge in [-0.15, -0.1) is 0 Å². The Morgan fingerprint density at radius 1 is 0.966 bits per heavy atom. The van der Waals surface area contributed by atoms with Crippen LogP contribution in [0.25, 0.3) is 0 Å². The number of carbonyl (C=O) groups excluding carboxylic acids is 2. The fourth-order valence-electron chi connectivity index (χ4n) is 4.28. The number of nitrogens with zero attached hydrogens (tertiary/aromatic N) is 3. The second-order valence-electron chi connectivity index (χ2n) is 7.96. The third-order valence-corrected chi connectivity index (χ3v) is 6.28. The lowest BCUT2D eigenvalue weighted by Crippen LogP contribution is -2.53. The number of piperazine rings is 1. The first-order chi connectivity index (χ1) is 14.1. The number of benzene rings is 1. The molecule has 3 aliphatic rings. The smallest absolute Gasteiger partial charge is 0.321 e. The van der Waals surface area contributed by atoms with Gasteiger partial charge in [0.25, 0.3) is 5.91 Å². The van der Waals surface area contributed by atoms with Gasteiger partial charge < -0.3 is 24.8 Å². The Morgan fingerprint density at radius 3 is 2.34 bits per heavy atom. The van der Waals surface area contributed by atoms with Crippen molar-refractivity contribution >= 4 is 34.9 Å². The van der Waals surface area contributed by atoms with Crippen LogP contribution in [-0.2, 0) is 9.53 Å². The summed E-state index contributed by atoms with van der Waals surface area (Å²) in [4.78, 5) is 30.9. The van der Waals surface area contributed by atoms with E-state index >= 15 is 0 Å². The number of nitrogens with one attached hydrogen (secondary N) is 1. The number of hydrogen-bond donors (Lipinski definition) is 1. The third-order valence-electron chi connectivity index (χ3n) is 5.98. The van der Waals surface area contributed by atoms with Gasteiger partial charge in [0.15, 0.2) is 0 Å². The Kier molecular flexibility index (Phi) is 6.45. The van der Waals surface area contributed by atoms with Crippen molar-refractivity contribution in [3.8, 4) is 0 Å². The average Bonchev–Trinajstić information content (AvgIpc) is 3.29. The van der Waals surface area contributed by atoms with Crippen LogP contribution in [0.2, 0.25) is 5.02 Å². The van der Waals surface area contributed by atoms with E-state index in [4.69, 9.17) is 16.3 Å². The molecule has 0 aliphatic carbocycles. The van der Waals surface area contributed by atoms with Crippen LogP contribution >= 0.6 is 11.6 Å². The summed E-state index contributed by atoms with van der Waals surface area (Å²) < 4.78 is 5.49. The van der Waals surface area contributed by atoms with E-state index in [2.05, 4.69) is 10.2 Å². The molecule has 1 N–H and O–H groups in total. The van der Waals surface area contributed by atoms with E-state index in [1.807, 2.05) is 23.1 Å². The van der Waals surface area contributed by atoms with Gasteiger partial charge in [0, 0.05) is 51.6 Å². The lowest BCUT2D eigenvalue weighted by atomic mass is 10.1. The van der Waals surface area contributed by atoms with Crippen molar-refractivity contribution in [3.05, 3.63) is 23.2 Å². The largest absolute Gasteiger partial charge is 0.370 e. The Labute approximate surface area is 176 Å². The molecule has 0 bridgehead atoms. The van der Waals surface area contributed by atoms with Gasteiger partial charge in [-0.05, 0) is 50.3 Å². The van der Waals surface area contributed by atoms with Crippen LogP contribution in [0.1, 0.15) is 32.1 Å². The van der Waals surface area contributed by atoms with Crippen LogP contribution in [0.5, 0.6) is 0 Å². The standard InChI is InChI=1S/C21H29ClN4O3/c22-17-15-16(6-7-18(17)24-8-2-1-3-9-24)23-21(28)26-12-10-25(11-13-26)20(27)19-5-4-14-29-19/h6-7,15,19H,1-5,8-14H2,(H,23,28). The molecule has 7 nitrogen and oxygen atoms in total. The Morgan fingerprint density at radius 2 is 1.69 bits per heavy atom. The predicted octanol–water partition coefficient (Wildman–Crippen LogP) is 3.19. The third kappa shape index (κ3) is 4.78. The summed E-state index contributed by atoms with van der Waals surface area (Å²) in [5.74, 6) is 0.0580. The van der Waals surface area contributed by atoms with Crippen molar-refractivity contribution < 1.29 is 14.3 Å². The molecular formula is C21H29ClN4O3. The van der Waals surface area contributed by atoms with Crippen LogP contribution in [0.4, 0.5) is 16.2 Å². The first kappa shape index (κ1) is 20.3. The second-order valence-corrected chi connectivity index (χ2v) is 8.37. The number of piperidine rings is 1. The van der Waals surface area contributed by atoms with Crippen LogP contribution in [-0.4, -0.2) is 73.7 Å². The van der Waals surface area contributed by atoms with Crippen molar-refractivity contribution in [2.24, 2.45) is 0 Å². The lowest BCUT2D eigenvalue weighted by molar-refractivity contribution is -0.142. The number of anilines is 2. The summed E-state index contributed by atoms with van der Waals surface area (Å²) in [6, 6.07) is 5.56. The van der Waals surface area contributed by atoms with Gasteiger partial charge in [0.1, 0.15) is 6.10 Å². The lowest BCUT2D eigenvalue weighted by Gasteiger charge is -2.35. The molecule has 3 heterocycles. The molecule has 8 heteroatoms. The van der Waals surface area contributed by atoms with Gasteiger partial charge in [-0.25, -0.2) is 4.79 Å². The zero-order valence-corrected chi connectivity index (χ0v) is 17.5. The molecule has 0 radical (unpaired) electrons. The minimum atomic E-state index is -0.295. The van der Waals surface area contributed by atoms with E-state index in [0.717, 1.165) is 31.6 Å². The molecule has 3 fully saturated rings. The maximum absolute atomic E-state index is 12.6. The van der Waals surface area contributed by atoms with Crippen LogP contribution in [0, 0.1) is 0 Å². The fraction of sp³-hybridized carbons (Fsp3) is 0.619. The highest BCUT2D eigenvalue weighted by Crippen LogP contribution is 2.31. The Balaban J connectivity index is 1.29. The molecule has 1 aromatic rings. The number of halogens is 1. The number of urea groups is 1. The summed E-state index contributed by atoms with van der Waals surface area (Å²) in [6.07, 6.45) is 5.10. The molecule has 1 atom stereocenters. The number of hydrogen-bond acceptors (Lipinski definition) is 4. The number of rotatable bonds is 3. The van der Waals surface area contributed by atoms with Gasteiger partial charge in [0.05, 0.1) is 10.7 Å². The SMILES string of the molecule is O=C(Nc1ccc(N2CCCCC2)c(Cl)c1)N1CCN(C(=O)C2CCCO2)CC1. The summed E-state index contributed by atoms with van der Waals surface area (Å²) in [7, 11) is 0. The van der Waals surface area contributed by atoms with Crippen LogP contribution < -0.4 is 10.2 Å². The van der Waals surface area contributed by atoms with Crippen molar-refractivity contribution in [1.29, 1.82) is 0 Å². The highest BCUT2D eigenvalue weighted by atomic mass is 35.5. The quantitative estimate of drug-likeness (QED) is 0.815. The van der Waals surface area contributed by atoms with Gasteiger partial charge in [-0.1, -0.05) is 11.6 Å². The minimum Gasteiger partial charge on any atom is -0.370 e. The second kappa shape index (κ2) is 9.22. The van der Waals surface area contributed by atoms with E-state index in [1.165, 1.54) is 19.3 Å². The van der Waals surface area contributed by atoms with Gasteiger partial charge >= 0.3 is 6.03 Å². The molecular weight excluding hydrogens is 392 g/mol. The first-order valence-electron chi connectivity index (χ1n) is 10.6. The monoisotopic (exact) mass is 420 g/mol. The molecule has 3 saturated heterocycles. The number of amides is 3. The Hall–Kier alpha value is -1.99. The maximum atomic E-state index is 12.6. The molecule has 4 rings (SSSR count). The van der Waals surface area contributed by atoms with Gasteiger partial charge in [-0.2, -0.15) is 0 Å². The normalized spacial score (nSPS) is 22.7. The molecule has 158 valence electrons. The summed E-state index contributed by atoms with van der Waals surface area (Å²) in [5, 5.41) is 3.60. The molecule has 29 heavy (non-hydrogen) atoms.